The fraction of sp³-hybridized carbons (Fsp3) is 0.923. The van der Waals surface area contributed by atoms with Gasteiger partial charge in [-0.25, -0.2) is 0 Å². The molecule has 0 bridgehead atoms. The van der Waals surface area contributed by atoms with E-state index in [0.717, 1.165) is 12.8 Å². The van der Waals surface area contributed by atoms with Crippen molar-refractivity contribution in [1.82, 2.24) is 0 Å². The zero-order valence-electron chi connectivity index (χ0n) is 20.1. The molecule has 5 nitrogen and oxygen atoms in total. The first kappa shape index (κ1) is 28.6. The second-order valence-electron chi connectivity index (χ2n) is 9.10. The Balaban J connectivity index is 1.83. The molecule has 1 aliphatic heterocycles. The van der Waals surface area contributed by atoms with Crippen LogP contribution in [-0.4, -0.2) is 59.6 Å². The molecule has 0 amide bonds. The smallest absolute Gasteiger partial charge is 0.114 e. The van der Waals surface area contributed by atoms with E-state index in [1.807, 2.05) is 0 Å². The maximum Gasteiger partial charge on any atom is 0.114 e. The lowest BCUT2D eigenvalue weighted by Gasteiger charge is -2.23. The highest BCUT2D eigenvalue weighted by Crippen LogP contribution is 2.21. The number of aliphatic hydroxyl groups excluding tert-OH is 3. The number of rotatable bonds is 21. The average molecular weight is 443 g/mol. The van der Waals surface area contributed by atoms with Gasteiger partial charge in [-0.05, 0) is 32.1 Å². The van der Waals surface area contributed by atoms with E-state index in [9.17, 15) is 10.2 Å². The first-order chi connectivity index (χ1) is 15.2. The third-order valence-corrected chi connectivity index (χ3v) is 6.20. The Labute approximate surface area is 191 Å². The van der Waals surface area contributed by atoms with Gasteiger partial charge in [0.15, 0.2) is 0 Å². The van der Waals surface area contributed by atoms with Crippen LogP contribution >= 0.6 is 0 Å². The highest BCUT2D eigenvalue weighted by molar-refractivity contribution is 4.89. The molecule has 5 heteroatoms. The SMILES string of the molecule is CCCCCCCCC/C=C/CCCCCCCCCO[C@H]1[C@@H]([C@@H](O)CO)OC[C@H]1O. The summed E-state index contributed by atoms with van der Waals surface area (Å²) in [5, 5.41) is 28.7. The predicted molar refractivity (Wildman–Crippen MR) is 127 cm³/mol. The number of allylic oxidation sites excluding steroid dienone is 2. The highest BCUT2D eigenvalue weighted by Gasteiger charge is 2.40. The fourth-order valence-corrected chi connectivity index (χ4v) is 4.18. The molecule has 0 aromatic heterocycles. The van der Waals surface area contributed by atoms with Crippen LogP contribution in [0.15, 0.2) is 12.2 Å². The molecule has 31 heavy (non-hydrogen) atoms. The molecule has 0 aromatic carbocycles. The maximum atomic E-state index is 9.91. The Morgan fingerprint density at radius 3 is 1.90 bits per heavy atom. The minimum Gasteiger partial charge on any atom is -0.394 e. The number of ether oxygens (including phenoxy) is 2. The monoisotopic (exact) mass is 442 g/mol. The Morgan fingerprint density at radius 2 is 1.35 bits per heavy atom. The molecule has 0 unspecified atom stereocenters. The van der Waals surface area contributed by atoms with E-state index < -0.39 is 24.4 Å². The summed E-state index contributed by atoms with van der Waals surface area (Å²) in [4.78, 5) is 0. The summed E-state index contributed by atoms with van der Waals surface area (Å²) in [6.07, 6.45) is 22.5. The first-order valence-corrected chi connectivity index (χ1v) is 13.1. The third-order valence-electron chi connectivity index (χ3n) is 6.20. The van der Waals surface area contributed by atoms with Crippen LogP contribution < -0.4 is 0 Å². The van der Waals surface area contributed by atoms with Gasteiger partial charge in [0.25, 0.3) is 0 Å². The van der Waals surface area contributed by atoms with Crippen LogP contribution in [0.2, 0.25) is 0 Å². The van der Waals surface area contributed by atoms with E-state index in [2.05, 4.69) is 19.1 Å². The largest absolute Gasteiger partial charge is 0.394 e. The molecule has 0 aromatic rings. The molecular formula is C26H50O5. The first-order valence-electron chi connectivity index (χ1n) is 13.1. The van der Waals surface area contributed by atoms with Gasteiger partial charge in [-0.2, -0.15) is 0 Å². The topological polar surface area (TPSA) is 79.2 Å². The molecule has 4 atom stereocenters. The Hall–Kier alpha value is -0.460. The minimum atomic E-state index is -1.00. The van der Waals surface area contributed by atoms with Crippen molar-refractivity contribution in [3.8, 4) is 0 Å². The summed E-state index contributed by atoms with van der Waals surface area (Å²) < 4.78 is 11.1. The number of unbranched alkanes of at least 4 members (excludes halogenated alkanes) is 14. The van der Waals surface area contributed by atoms with Crippen molar-refractivity contribution in [1.29, 1.82) is 0 Å². The summed E-state index contributed by atoms with van der Waals surface area (Å²) >= 11 is 0. The molecule has 1 aliphatic rings. The summed E-state index contributed by atoms with van der Waals surface area (Å²) in [5.74, 6) is 0. The number of aliphatic hydroxyl groups is 3. The zero-order chi connectivity index (χ0) is 22.6. The van der Waals surface area contributed by atoms with Crippen molar-refractivity contribution in [2.24, 2.45) is 0 Å². The minimum absolute atomic E-state index is 0.153. The van der Waals surface area contributed by atoms with Crippen molar-refractivity contribution >= 4 is 0 Å². The van der Waals surface area contributed by atoms with E-state index in [1.54, 1.807) is 0 Å². The van der Waals surface area contributed by atoms with Crippen LogP contribution in [0.25, 0.3) is 0 Å². The third kappa shape index (κ3) is 14.3. The second kappa shape index (κ2) is 20.2. The van der Waals surface area contributed by atoms with E-state index in [0.29, 0.717) is 6.61 Å². The number of hydrogen-bond acceptors (Lipinski definition) is 5. The molecule has 0 saturated carbocycles. The normalized spacial score (nSPS) is 22.5. The summed E-state index contributed by atoms with van der Waals surface area (Å²) in [5.41, 5.74) is 0. The van der Waals surface area contributed by atoms with E-state index in [1.165, 1.54) is 89.9 Å². The number of hydrogen-bond donors (Lipinski definition) is 3. The van der Waals surface area contributed by atoms with Crippen molar-refractivity contribution < 1.29 is 24.8 Å². The second-order valence-corrected chi connectivity index (χ2v) is 9.10. The van der Waals surface area contributed by atoms with Crippen molar-refractivity contribution in [2.45, 2.75) is 134 Å². The van der Waals surface area contributed by atoms with Crippen LogP contribution in [0.1, 0.15) is 110 Å². The van der Waals surface area contributed by atoms with Gasteiger partial charge < -0.3 is 24.8 Å². The van der Waals surface area contributed by atoms with Gasteiger partial charge >= 0.3 is 0 Å². The van der Waals surface area contributed by atoms with Gasteiger partial charge in [-0.15, -0.1) is 0 Å². The van der Waals surface area contributed by atoms with Gasteiger partial charge in [-0.3, -0.25) is 0 Å². The average Bonchev–Trinajstić information content (AvgIpc) is 3.15. The molecule has 1 fully saturated rings. The van der Waals surface area contributed by atoms with Crippen molar-refractivity contribution in [3.63, 3.8) is 0 Å². The Morgan fingerprint density at radius 1 is 0.839 bits per heavy atom. The molecule has 0 spiro atoms. The van der Waals surface area contributed by atoms with Gasteiger partial charge in [-0.1, -0.05) is 89.7 Å². The Bertz CT molecular complexity index is 415. The van der Waals surface area contributed by atoms with Gasteiger partial charge in [0.05, 0.1) is 13.2 Å². The van der Waals surface area contributed by atoms with Crippen LogP contribution in [0, 0.1) is 0 Å². The lowest BCUT2D eigenvalue weighted by atomic mass is 10.1. The van der Waals surface area contributed by atoms with Gasteiger partial charge in [0.2, 0.25) is 0 Å². The van der Waals surface area contributed by atoms with Gasteiger partial charge in [0.1, 0.15) is 24.4 Å². The lowest BCUT2D eigenvalue weighted by Crippen LogP contribution is -2.42. The van der Waals surface area contributed by atoms with E-state index in [4.69, 9.17) is 14.6 Å². The molecule has 0 aliphatic carbocycles. The maximum absolute atomic E-state index is 9.91. The molecule has 1 rings (SSSR count). The highest BCUT2D eigenvalue weighted by atomic mass is 16.6. The zero-order valence-corrected chi connectivity index (χ0v) is 20.1. The molecule has 0 radical (unpaired) electrons. The van der Waals surface area contributed by atoms with Crippen LogP contribution in [0.4, 0.5) is 0 Å². The molecular weight excluding hydrogens is 392 g/mol. The van der Waals surface area contributed by atoms with E-state index in [-0.39, 0.29) is 13.2 Å². The fourth-order valence-electron chi connectivity index (χ4n) is 4.18. The molecule has 3 N–H and O–H groups in total. The van der Waals surface area contributed by atoms with Crippen LogP contribution in [-0.2, 0) is 9.47 Å². The summed E-state index contributed by atoms with van der Waals surface area (Å²) in [6, 6.07) is 0. The quantitative estimate of drug-likeness (QED) is 0.166. The predicted octanol–water partition coefficient (Wildman–Crippen LogP) is 5.30. The molecule has 1 saturated heterocycles. The van der Waals surface area contributed by atoms with Crippen LogP contribution in [0.3, 0.4) is 0 Å². The van der Waals surface area contributed by atoms with Crippen molar-refractivity contribution in [3.05, 3.63) is 12.2 Å². The summed E-state index contributed by atoms with van der Waals surface area (Å²) in [7, 11) is 0. The summed E-state index contributed by atoms with van der Waals surface area (Å²) in [6.45, 7) is 2.60. The molecule has 184 valence electrons. The standard InChI is InChI=1S/C26H50O5/c1-2-3-4-5-6-7-8-9-10-11-12-13-14-15-16-17-18-19-20-30-26-24(29)22-31-25(26)23(28)21-27/h10-11,23-29H,2-9,12-22H2,1H3/b11-10+/t23-,24+,25+,26+/m0/s1. The molecule has 1 heterocycles. The van der Waals surface area contributed by atoms with E-state index >= 15 is 0 Å². The lowest BCUT2D eigenvalue weighted by molar-refractivity contribution is -0.0938. The van der Waals surface area contributed by atoms with Crippen molar-refractivity contribution in [2.75, 3.05) is 19.8 Å². The van der Waals surface area contributed by atoms with Gasteiger partial charge in [0, 0.05) is 6.61 Å². The van der Waals surface area contributed by atoms with Crippen LogP contribution in [0.5, 0.6) is 0 Å². The Kier molecular flexibility index (Phi) is 18.6.